The lowest BCUT2D eigenvalue weighted by molar-refractivity contribution is -0.143. The first kappa shape index (κ1) is 35.4. The summed E-state index contributed by atoms with van der Waals surface area (Å²) >= 11 is 0. The molecule has 10 nitrogen and oxygen atoms in total. The summed E-state index contributed by atoms with van der Waals surface area (Å²) in [4.78, 5) is 46.2. The Balaban J connectivity index is 1.51. The van der Waals surface area contributed by atoms with Gasteiger partial charge in [-0.3, -0.25) is 19.3 Å². The molecule has 11 heteroatoms. The third-order valence-corrected chi connectivity index (χ3v) is 10.1. The predicted octanol–water partition coefficient (Wildman–Crippen LogP) is 5.99. The maximum Gasteiger partial charge on any atom is 0.308 e. The van der Waals surface area contributed by atoms with Crippen molar-refractivity contribution in [1.82, 2.24) is 9.80 Å². The number of carbonyl (C=O) groups excluding carboxylic acids is 2. The minimum absolute atomic E-state index is 0.0214. The Kier molecular flexibility index (Phi) is 10.9. The van der Waals surface area contributed by atoms with Gasteiger partial charge in [-0.2, -0.15) is 0 Å². The van der Waals surface area contributed by atoms with Gasteiger partial charge in [-0.05, 0) is 73.1 Å². The number of rotatable bonds is 14. The molecule has 3 aliphatic heterocycles. The number of likely N-dealkylation sites (tertiary alicyclic amines) is 2. The summed E-state index contributed by atoms with van der Waals surface area (Å²) in [5, 5.41) is 10.8. The Morgan fingerprint density at radius 3 is 2.48 bits per heavy atom. The lowest BCUT2D eigenvalue weighted by Gasteiger charge is -2.35. The highest BCUT2D eigenvalue weighted by molar-refractivity contribution is 5.95. The molecule has 0 bridgehead atoms. The molecular formula is C37H50FN3O7. The summed E-state index contributed by atoms with van der Waals surface area (Å²) in [6.45, 7) is 11.3. The smallest absolute Gasteiger partial charge is 0.308 e. The first-order chi connectivity index (χ1) is 22.9. The first-order valence-electron chi connectivity index (χ1n) is 17.2. The number of nitrogens with zero attached hydrogens (tertiary/aromatic N) is 3. The molecule has 2 aromatic rings. The van der Waals surface area contributed by atoms with Crippen LogP contribution in [0.15, 0.2) is 30.3 Å². The number of anilines is 1. The number of ether oxygens (including phenoxy) is 3. The third kappa shape index (κ3) is 7.41. The molecule has 3 atom stereocenters. The molecule has 5 rings (SSSR count). The van der Waals surface area contributed by atoms with Gasteiger partial charge in [0.25, 0.3) is 0 Å². The van der Waals surface area contributed by atoms with Crippen LogP contribution in [0, 0.1) is 24.1 Å². The first-order valence-corrected chi connectivity index (χ1v) is 17.2. The van der Waals surface area contributed by atoms with Crippen molar-refractivity contribution in [2.24, 2.45) is 11.3 Å². The van der Waals surface area contributed by atoms with Crippen molar-refractivity contribution in [3.8, 4) is 17.2 Å². The van der Waals surface area contributed by atoms with E-state index in [0.29, 0.717) is 61.0 Å². The highest BCUT2D eigenvalue weighted by Crippen LogP contribution is 2.47. The number of aliphatic carboxylic acids is 1. The number of carboxylic acid groups (broad SMARTS) is 1. The van der Waals surface area contributed by atoms with E-state index in [-0.39, 0.29) is 42.4 Å². The molecule has 2 saturated heterocycles. The largest absolute Gasteiger partial charge is 0.493 e. The van der Waals surface area contributed by atoms with Gasteiger partial charge in [-0.15, -0.1) is 0 Å². The second-order valence-electron chi connectivity index (χ2n) is 14.3. The van der Waals surface area contributed by atoms with Crippen molar-refractivity contribution in [1.29, 1.82) is 0 Å². The van der Waals surface area contributed by atoms with Crippen LogP contribution >= 0.6 is 0 Å². The molecule has 48 heavy (non-hydrogen) atoms. The fourth-order valence-electron chi connectivity index (χ4n) is 7.88. The van der Waals surface area contributed by atoms with Gasteiger partial charge in [0, 0.05) is 49.7 Å². The number of carboxylic acids is 1. The van der Waals surface area contributed by atoms with E-state index in [2.05, 4.69) is 27.7 Å². The average molecular weight is 668 g/mol. The topological polar surface area (TPSA) is 109 Å². The molecule has 2 aromatic carbocycles. The van der Waals surface area contributed by atoms with E-state index in [1.807, 2.05) is 15.9 Å². The number of fused-ring (bicyclic) bond motifs is 1. The van der Waals surface area contributed by atoms with Crippen molar-refractivity contribution in [3.05, 3.63) is 47.3 Å². The van der Waals surface area contributed by atoms with Gasteiger partial charge < -0.3 is 29.1 Å². The van der Waals surface area contributed by atoms with Gasteiger partial charge in [-0.25, -0.2) is 4.39 Å². The van der Waals surface area contributed by atoms with Gasteiger partial charge in [-0.1, -0.05) is 40.5 Å². The molecule has 0 spiro atoms. The second-order valence-corrected chi connectivity index (χ2v) is 14.3. The van der Waals surface area contributed by atoms with Crippen molar-refractivity contribution in [2.75, 3.05) is 45.0 Å². The molecule has 0 saturated carbocycles. The van der Waals surface area contributed by atoms with Crippen LogP contribution in [0.3, 0.4) is 0 Å². The van der Waals surface area contributed by atoms with Gasteiger partial charge in [0.2, 0.25) is 24.4 Å². The molecule has 1 N–H and O–H groups in total. The van der Waals surface area contributed by atoms with Gasteiger partial charge in [0.05, 0.1) is 19.6 Å². The van der Waals surface area contributed by atoms with Crippen molar-refractivity contribution < 1.29 is 38.1 Å². The Hall–Kier alpha value is -3.86. The number of benzene rings is 2. The molecule has 0 aliphatic carbocycles. The van der Waals surface area contributed by atoms with E-state index >= 15 is 0 Å². The average Bonchev–Trinajstić information content (AvgIpc) is 3.72. The maximum absolute atomic E-state index is 14.5. The highest BCUT2D eigenvalue weighted by atomic mass is 19.1. The molecule has 0 aromatic heterocycles. The summed E-state index contributed by atoms with van der Waals surface area (Å²) in [6, 6.07) is 7.76. The fraction of sp³-hybridized carbons (Fsp3) is 0.595. The number of aryl methyl sites for hydroxylation is 1. The minimum atomic E-state index is -0.967. The number of amides is 2. The molecule has 262 valence electrons. The normalized spacial score (nSPS) is 21.7. The lowest BCUT2D eigenvalue weighted by Crippen LogP contribution is -2.48. The maximum atomic E-state index is 14.5. The Bertz CT molecular complexity index is 1510. The van der Waals surface area contributed by atoms with E-state index in [1.54, 1.807) is 30.0 Å². The zero-order valence-electron chi connectivity index (χ0n) is 29.1. The van der Waals surface area contributed by atoms with Gasteiger partial charge >= 0.3 is 5.97 Å². The van der Waals surface area contributed by atoms with E-state index in [0.717, 1.165) is 31.2 Å². The molecule has 0 unspecified atom stereocenters. The van der Waals surface area contributed by atoms with Crippen molar-refractivity contribution in [3.63, 3.8) is 0 Å². The monoisotopic (exact) mass is 667 g/mol. The van der Waals surface area contributed by atoms with Gasteiger partial charge in [0.1, 0.15) is 5.82 Å². The minimum Gasteiger partial charge on any atom is -0.493 e. The van der Waals surface area contributed by atoms with Crippen LogP contribution < -0.4 is 19.1 Å². The van der Waals surface area contributed by atoms with E-state index < -0.39 is 23.8 Å². The number of halogens is 1. The number of methoxy groups -OCH3 is 1. The van der Waals surface area contributed by atoms with Crippen LogP contribution in [0.1, 0.15) is 83.3 Å². The van der Waals surface area contributed by atoms with Gasteiger partial charge in [0.15, 0.2) is 11.5 Å². The standard InChI is InChI=1S/C37H50FN3O7/c1-7-9-25(10-8-2)41(26-11-12-28(38)23(3)15-26)33(43)20-40-19-27(24-16-30(46-6)35-31(17-24)47-22-48-35)34(36(44)45)29(40)13-14-39-21-37(4,5)18-32(39)42/h11-12,15-17,25,27,29,34H,7-10,13-14,18-22H2,1-6H3,(H,44,45)/t27-,29+,34-/m1/s1. The number of hydrogen-bond acceptors (Lipinski definition) is 7. The SMILES string of the molecule is CCCC(CCC)N(C(=O)CN1C[C@H](c2cc(OC)c3c(c2)OCO3)[C@@H](C(=O)O)[C@@H]1CCN1CC(C)(C)CC1=O)c1ccc(F)c(C)c1. The summed E-state index contributed by atoms with van der Waals surface area (Å²) in [7, 11) is 1.53. The van der Waals surface area contributed by atoms with Crippen LogP contribution in [0.4, 0.5) is 10.1 Å². The molecule has 2 amide bonds. The number of carbonyl (C=O) groups is 3. The zero-order valence-corrected chi connectivity index (χ0v) is 29.1. The lowest BCUT2D eigenvalue weighted by atomic mass is 9.84. The van der Waals surface area contributed by atoms with Crippen LogP contribution in [0.2, 0.25) is 0 Å². The van der Waals surface area contributed by atoms with Crippen LogP contribution in [0.5, 0.6) is 17.2 Å². The summed E-state index contributed by atoms with van der Waals surface area (Å²) < 4.78 is 31.2. The van der Waals surface area contributed by atoms with Crippen LogP contribution in [-0.4, -0.2) is 84.9 Å². The Morgan fingerprint density at radius 1 is 1.15 bits per heavy atom. The van der Waals surface area contributed by atoms with E-state index in [4.69, 9.17) is 14.2 Å². The summed E-state index contributed by atoms with van der Waals surface area (Å²) in [5.74, 6) is -1.33. The van der Waals surface area contributed by atoms with E-state index in [9.17, 15) is 23.9 Å². The highest BCUT2D eigenvalue weighted by Gasteiger charge is 2.48. The summed E-state index contributed by atoms with van der Waals surface area (Å²) in [5.41, 5.74) is 1.67. The molecule has 0 radical (unpaired) electrons. The molecular weight excluding hydrogens is 617 g/mol. The third-order valence-electron chi connectivity index (χ3n) is 10.1. The van der Waals surface area contributed by atoms with Crippen molar-refractivity contribution >= 4 is 23.5 Å². The van der Waals surface area contributed by atoms with Crippen LogP contribution in [-0.2, 0) is 14.4 Å². The molecule has 3 heterocycles. The number of hydrogen-bond donors (Lipinski definition) is 1. The van der Waals surface area contributed by atoms with Crippen molar-refractivity contribution in [2.45, 2.75) is 91.1 Å². The van der Waals surface area contributed by atoms with Crippen LogP contribution in [0.25, 0.3) is 0 Å². The molecule has 2 fully saturated rings. The Labute approximate surface area is 283 Å². The molecule has 3 aliphatic rings. The van der Waals surface area contributed by atoms with E-state index in [1.165, 1.54) is 13.2 Å². The quantitative estimate of drug-likeness (QED) is 0.262. The zero-order chi connectivity index (χ0) is 34.7. The summed E-state index contributed by atoms with van der Waals surface area (Å²) in [6.07, 6.45) is 4.15. The predicted molar refractivity (Wildman–Crippen MR) is 180 cm³/mol. The Morgan fingerprint density at radius 2 is 1.88 bits per heavy atom. The fourth-order valence-corrected chi connectivity index (χ4v) is 7.88. The second kappa shape index (κ2) is 14.7.